The number of amides is 1. The lowest BCUT2D eigenvalue weighted by Crippen LogP contribution is -2.31. The molecule has 1 N–H and O–H groups in total. The van der Waals surface area contributed by atoms with Crippen LogP contribution in [0.2, 0.25) is 5.02 Å². The molecular weight excluding hydrogens is 384 g/mol. The summed E-state index contributed by atoms with van der Waals surface area (Å²) in [6, 6.07) is 14.1. The van der Waals surface area contributed by atoms with Gasteiger partial charge in [-0.05, 0) is 30.7 Å². The third-order valence-electron chi connectivity index (χ3n) is 4.00. The molecule has 0 fully saturated rings. The second-order valence-corrected chi connectivity index (χ2v) is 6.40. The molecule has 3 rings (SSSR count). The summed E-state index contributed by atoms with van der Waals surface area (Å²) < 4.78 is 1.22. The van der Waals surface area contributed by atoms with Gasteiger partial charge in [0.05, 0.1) is 4.92 Å². The van der Waals surface area contributed by atoms with Gasteiger partial charge in [-0.15, -0.1) is 0 Å². The molecule has 1 heterocycles. The molecule has 142 valence electrons. The molecule has 0 bridgehead atoms. The molecule has 3 aromatic rings. The van der Waals surface area contributed by atoms with Crippen molar-refractivity contribution in [1.29, 1.82) is 0 Å². The number of carbonyl (C=O) groups is 1. The highest BCUT2D eigenvalue weighted by molar-refractivity contribution is 6.30. The van der Waals surface area contributed by atoms with Gasteiger partial charge in [-0.25, -0.2) is 4.68 Å². The third-order valence-corrected chi connectivity index (χ3v) is 4.25. The van der Waals surface area contributed by atoms with Crippen LogP contribution in [-0.2, 0) is 6.54 Å². The maximum Gasteiger partial charge on any atom is 0.294 e. The summed E-state index contributed by atoms with van der Waals surface area (Å²) >= 11 is 5.83. The number of nitro benzene ring substituents is 1. The van der Waals surface area contributed by atoms with Crippen LogP contribution in [0.3, 0.4) is 0 Å². The summed E-state index contributed by atoms with van der Waals surface area (Å²) in [5.74, 6) is -0.674. The first-order chi connectivity index (χ1) is 13.4. The van der Waals surface area contributed by atoms with Crippen molar-refractivity contribution in [3.63, 3.8) is 0 Å². The predicted octanol–water partition coefficient (Wildman–Crippen LogP) is 3.03. The van der Waals surface area contributed by atoms with Crippen LogP contribution in [0, 0.1) is 17.0 Å². The van der Waals surface area contributed by atoms with Crippen LogP contribution in [0.5, 0.6) is 0 Å². The third kappa shape index (κ3) is 4.07. The highest BCUT2D eigenvalue weighted by atomic mass is 35.5. The van der Waals surface area contributed by atoms with Crippen LogP contribution in [0.15, 0.2) is 59.4 Å². The minimum atomic E-state index is -0.674. The van der Waals surface area contributed by atoms with Gasteiger partial charge in [-0.3, -0.25) is 19.7 Å². The van der Waals surface area contributed by atoms with Gasteiger partial charge in [0, 0.05) is 29.4 Å². The zero-order chi connectivity index (χ0) is 20.3. The zero-order valence-corrected chi connectivity index (χ0v) is 15.5. The van der Waals surface area contributed by atoms with E-state index in [1.807, 2.05) is 0 Å². The minimum Gasteiger partial charge on any atom is -0.346 e. The molecule has 0 aliphatic carbocycles. The molecule has 0 radical (unpaired) electrons. The average molecular weight is 399 g/mol. The van der Waals surface area contributed by atoms with Crippen molar-refractivity contribution >= 4 is 23.2 Å². The number of halogens is 1. The van der Waals surface area contributed by atoms with Crippen LogP contribution in [-0.4, -0.2) is 20.6 Å². The fraction of sp³-hybridized carbons (Fsp3) is 0.105. The number of para-hydroxylation sites is 2. The van der Waals surface area contributed by atoms with Crippen LogP contribution in [0.25, 0.3) is 5.69 Å². The summed E-state index contributed by atoms with van der Waals surface area (Å²) in [5, 5.41) is 18.6. The van der Waals surface area contributed by atoms with Gasteiger partial charge in [0.15, 0.2) is 5.69 Å². The Morgan fingerprint density at radius 1 is 1.21 bits per heavy atom. The van der Waals surface area contributed by atoms with E-state index in [4.69, 9.17) is 11.6 Å². The molecule has 0 saturated carbocycles. The summed E-state index contributed by atoms with van der Waals surface area (Å²) in [6.45, 7) is 1.76. The van der Waals surface area contributed by atoms with E-state index in [9.17, 15) is 19.7 Å². The predicted molar refractivity (Wildman–Crippen MR) is 104 cm³/mol. The number of hydrogen-bond donors (Lipinski definition) is 1. The molecule has 0 spiro atoms. The zero-order valence-electron chi connectivity index (χ0n) is 14.8. The molecule has 8 nitrogen and oxygen atoms in total. The van der Waals surface area contributed by atoms with Crippen molar-refractivity contribution in [2.75, 3.05) is 0 Å². The van der Waals surface area contributed by atoms with E-state index in [-0.39, 0.29) is 23.6 Å². The Morgan fingerprint density at radius 2 is 1.89 bits per heavy atom. The van der Waals surface area contributed by atoms with Crippen LogP contribution in [0.4, 0.5) is 5.69 Å². The van der Waals surface area contributed by atoms with Crippen LogP contribution >= 0.6 is 11.6 Å². The highest BCUT2D eigenvalue weighted by Crippen LogP contribution is 2.22. The van der Waals surface area contributed by atoms with E-state index >= 15 is 0 Å². The first kappa shape index (κ1) is 19.2. The lowest BCUT2D eigenvalue weighted by atomic mass is 10.2. The molecule has 2 aromatic carbocycles. The minimum absolute atomic E-state index is 0.164. The average Bonchev–Trinajstić information content (AvgIpc) is 2.67. The largest absolute Gasteiger partial charge is 0.346 e. The van der Waals surface area contributed by atoms with E-state index in [1.54, 1.807) is 37.3 Å². The first-order valence-electron chi connectivity index (χ1n) is 8.24. The van der Waals surface area contributed by atoms with E-state index in [1.165, 1.54) is 28.9 Å². The summed E-state index contributed by atoms with van der Waals surface area (Å²) in [6.07, 6.45) is 0. The van der Waals surface area contributed by atoms with Gasteiger partial charge < -0.3 is 5.32 Å². The van der Waals surface area contributed by atoms with Gasteiger partial charge in [-0.1, -0.05) is 35.9 Å². The van der Waals surface area contributed by atoms with E-state index in [0.717, 1.165) is 5.56 Å². The van der Waals surface area contributed by atoms with E-state index in [2.05, 4.69) is 10.4 Å². The lowest BCUT2D eigenvalue weighted by Gasteiger charge is -2.11. The Hall–Kier alpha value is -3.52. The number of hydrogen-bond acceptors (Lipinski definition) is 5. The molecule has 0 aliphatic heterocycles. The van der Waals surface area contributed by atoms with Crippen molar-refractivity contribution < 1.29 is 9.72 Å². The van der Waals surface area contributed by atoms with Crippen molar-refractivity contribution in [2.45, 2.75) is 13.5 Å². The Labute approximate surface area is 164 Å². The Balaban J connectivity index is 1.93. The number of nitrogens with zero attached hydrogens (tertiary/aromatic N) is 3. The molecule has 28 heavy (non-hydrogen) atoms. The number of carbonyl (C=O) groups excluding carboxylic acids is 1. The monoisotopic (exact) mass is 398 g/mol. The van der Waals surface area contributed by atoms with Gasteiger partial charge in [0.25, 0.3) is 11.6 Å². The van der Waals surface area contributed by atoms with E-state index < -0.39 is 16.3 Å². The van der Waals surface area contributed by atoms with Gasteiger partial charge in [-0.2, -0.15) is 5.10 Å². The summed E-state index contributed by atoms with van der Waals surface area (Å²) in [5.41, 5.74) is 0.224. The van der Waals surface area contributed by atoms with Crippen molar-refractivity contribution in [1.82, 2.24) is 15.1 Å². The fourth-order valence-electron chi connectivity index (χ4n) is 2.61. The standard InChI is InChI=1S/C19H15ClN4O4/c1-12-10-17(25)18(19(26)21-11-13-6-8-14(20)9-7-13)22-23(12)15-4-2-3-5-16(15)24(27)28/h2-10H,11H2,1H3,(H,21,26). The molecule has 0 atom stereocenters. The lowest BCUT2D eigenvalue weighted by molar-refractivity contribution is -0.384. The van der Waals surface area contributed by atoms with Crippen molar-refractivity contribution in [3.05, 3.63) is 96.9 Å². The van der Waals surface area contributed by atoms with Gasteiger partial charge in [0.2, 0.25) is 5.43 Å². The maximum absolute atomic E-state index is 12.5. The smallest absolute Gasteiger partial charge is 0.294 e. The Morgan fingerprint density at radius 3 is 2.57 bits per heavy atom. The highest BCUT2D eigenvalue weighted by Gasteiger charge is 2.20. The number of aromatic nitrogens is 2. The number of aryl methyl sites for hydroxylation is 1. The molecule has 0 saturated heterocycles. The first-order valence-corrected chi connectivity index (χ1v) is 8.62. The number of benzene rings is 2. The Kier molecular flexibility index (Phi) is 5.51. The second kappa shape index (κ2) is 8.01. The molecule has 1 aromatic heterocycles. The number of nitro groups is 1. The number of rotatable bonds is 5. The van der Waals surface area contributed by atoms with Crippen molar-refractivity contribution in [2.24, 2.45) is 0 Å². The maximum atomic E-state index is 12.5. The summed E-state index contributed by atoms with van der Waals surface area (Å²) in [4.78, 5) is 35.5. The van der Waals surface area contributed by atoms with Crippen molar-refractivity contribution in [3.8, 4) is 5.69 Å². The molecule has 9 heteroatoms. The second-order valence-electron chi connectivity index (χ2n) is 5.97. The van der Waals surface area contributed by atoms with Gasteiger partial charge >= 0.3 is 0 Å². The fourth-order valence-corrected chi connectivity index (χ4v) is 2.74. The van der Waals surface area contributed by atoms with Crippen LogP contribution < -0.4 is 10.7 Å². The summed E-state index contributed by atoms with van der Waals surface area (Å²) in [7, 11) is 0. The SMILES string of the molecule is Cc1cc(=O)c(C(=O)NCc2ccc(Cl)cc2)nn1-c1ccccc1[N+](=O)[O-]. The number of nitrogens with one attached hydrogen (secondary N) is 1. The molecule has 0 unspecified atom stereocenters. The molecular formula is C19H15ClN4O4. The normalized spacial score (nSPS) is 10.5. The molecule has 1 amide bonds. The quantitative estimate of drug-likeness (QED) is 0.525. The topological polar surface area (TPSA) is 107 Å². The van der Waals surface area contributed by atoms with Gasteiger partial charge in [0.1, 0.15) is 5.69 Å². The van der Waals surface area contributed by atoms with E-state index in [0.29, 0.717) is 10.7 Å². The Bertz CT molecular complexity index is 1110. The van der Waals surface area contributed by atoms with Crippen LogP contribution in [0.1, 0.15) is 21.7 Å². The molecule has 0 aliphatic rings.